The minimum absolute atomic E-state index is 0.111. The molecular weight excluding hydrogens is 400 g/mol. The SMILES string of the molecule is CCC(=O)OCc1cn(CCOc2ccc(/C=N/NC(=O)c3ccncc3)cc2)nn1. The minimum Gasteiger partial charge on any atom is -0.492 e. The van der Waals surface area contributed by atoms with Crippen molar-refractivity contribution >= 4 is 18.1 Å². The van der Waals surface area contributed by atoms with Crippen molar-refractivity contribution in [2.45, 2.75) is 26.5 Å². The van der Waals surface area contributed by atoms with E-state index in [-0.39, 0.29) is 18.5 Å². The second-order valence-electron chi connectivity index (χ2n) is 6.34. The molecule has 3 aromatic rings. The van der Waals surface area contributed by atoms with Crippen molar-refractivity contribution in [2.24, 2.45) is 5.10 Å². The predicted molar refractivity (Wildman–Crippen MR) is 111 cm³/mol. The van der Waals surface area contributed by atoms with E-state index in [0.29, 0.717) is 36.6 Å². The van der Waals surface area contributed by atoms with Crippen molar-refractivity contribution < 1.29 is 19.1 Å². The predicted octanol–water partition coefficient (Wildman–Crippen LogP) is 1.97. The molecule has 0 saturated heterocycles. The molecule has 0 fully saturated rings. The first-order chi connectivity index (χ1) is 15.1. The molecule has 0 atom stereocenters. The first kappa shape index (κ1) is 21.6. The number of nitrogens with zero attached hydrogens (tertiary/aromatic N) is 5. The number of ether oxygens (including phenoxy) is 2. The number of benzene rings is 1. The van der Waals surface area contributed by atoms with Crippen LogP contribution < -0.4 is 10.2 Å². The molecule has 0 aliphatic carbocycles. The Morgan fingerprint density at radius 3 is 2.68 bits per heavy atom. The second kappa shape index (κ2) is 11.2. The summed E-state index contributed by atoms with van der Waals surface area (Å²) < 4.78 is 12.3. The Morgan fingerprint density at radius 2 is 1.94 bits per heavy atom. The number of hydrogen-bond donors (Lipinski definition) is 1. The number of rotatable bonds is 10. The van der Waals surface area contributed by atoms with Gasteiger partial charge in [0, 0.05) is 24.4 Å². The molecule has 0 radical (unpaired) electrons. The molecular formula is C21H22N6O4. The zero-order valence-corrected chi connectivity index (χ0v) is 17.0. The summed E-state index contributed by atoms with van der Waals surface area (Å²) in [7, 11) is 0. The van der Waals surface area contributed by atoms with Crippen molar-refractivity contribution in [3.05, 3.63) is 71.8 Å². The highest BCUT2D eigenvalue weighted by Crippen LogP contribution is 2.11. The van der Waals surface area contributed by atoms with Gasteiger partial charge in [-0.3, -0.25) is 14.6 Å². The molecule has 1 N–H and O–H groups in total. The Labute approximate surface area is 178 Å². The van der Waals surface area contributed by atoms with Gasteiger partial charge in [0.05, 0.1) is 19.0 Å². The van der Waals surface area contributed by atoms with E-state index in [1.165, 1.54) is 0 Å². The fourth-order valence-electron chi connectivity index (χ4n) is 2.41. The van der Waals surface area contributed by atoms with Crippen LogP contribution in [0.2, 0.25) is 0 Å². The Kier molecular flexibility index (Phi) is 7.81. The lowest BCUT2D eigenvalue weighted by molar-refractivity contribution is -0.144. The van der Waals surface area contributed by atoms with Crippen LogP contribution in [0.25, 0.3) is 0 Å². The number of aromatic nitrogens is 4. The fourth-order valence-corrected chi connectivity index (χ4v) is 2.41. The second-order valence-corrected chi connectivity index (χ2v) is 6.34. The van der Waals surface area contributed by atoms with Gasteiger partial charge >= 0.3 is 5.97 Å². The molecule has 1 amide bonds. The van der Waals surface area contributed by atoms with Crippen molar-refractivity contribution in [3.8, 4) is 5.75 Å². The lowest BCUT2D eigenvalue weighted by atomic mass is 10.2. The van der Waals surface area contributed by atoms with Gasteiger partial charge in [-0.15, -0.1) is 5.10 Å². The van der Waals surface area contributed by atoms with Crippen molar-refractivity contribution in [1.29, 1.82) is 0 Å². The van der Waals surface area contributed by atoms with Gasteiger partial charge in [-0.25, -0.2) is 10.1 Å². The Morgan fingerprint density at radius 1 is 1.16 bits per heavy atom. The van der Waals surface area contributed by atoms with E-state index in [0.717, 1.165) is 5.56 Å². The minimum atomic E-state index is -0.307. The number of esters is 1. The summed E-state index contributed by atoms with van der Waals surface area (Å²) in [5.74, 6) is 0.107. The number of nitrogens with one attached hydrogen (secondary N) is 1. The van der Waals surface area contributed by atoms with Gasteiger partial charge in [0.2, 0.25) is 0 Å². The summed E-state index contributed by atoms with van der Waals surface area (Å²) in [5, 5.41) is 11.9. The van der Waals surface area contributed by atoms with Crippen LogP contribution in [0, 0.1) is 0 Å². The van der Waals surface area contributed by atoms with Crippen LogP contribution in [0.5, 0.6) is 5.75 Å². The first-order valence-electron chi connectivity index (χ1n) is 9.65. The third-order valence-corrected chi connectivity index (χ3v) is 4.05. The average molecular weight is 422 g/mol. The molecule has 10 nitrogen and oxygen atoms in total. The summed E-state index contributed by atoms with van der Waals surface area (Å²) in [6, 6.07) is 10.5. The van der Waals surface area contributed by atoms with E-state index < -0.39 is 0 Å². The lowest BCUT2D eigenvalue weighted by Gasteiger charge is -2.06. The molecule has 160 valence electrons. The van der Waals surface area contributed by atoms with Crippen LogP contribution in [0.15, 0.2) is 60.1 Å². The van der Waals surface area contributed by atoms with Crippen LogP contribution >= 0.6 is 0 Å². The fraction of sp³-hybridized carbons (Fsp3) is 0.238. The topological polar surface area (TPSA) is 121 Å². The van der Waals surface area contributed by atoms with E-state index in [4.69, 9.17) is 9.47 Å². The molecule has 3 rings (SSSR count). The third-order valence-electron chi connectivity index (χ3n) is 4.05. The van der Waals surface area contributed by atoms with Crippen molar-refractivity contribution in [2.75, 3.05) is 6.61 Å². The number of hydrazone groups is 1. The van der Waals surface area contributed by atoms with Crippen LogP contribution in [0.1, 0.15) is 35.0 Å². The zero-order valence-electron chi connectivity index (χ0n) is 17.0. The molecule has 0 saturated carbocycles. The van der Waals surface area contributed by atoms with Gasteiger partial charge < -0.3 is 9.47 Å². The van der Waals surface area contributed by atoms with Crippen LogP contribution in [-0.2, 0) is 22.7 Å². The van der Waals surface area contributed by atoms with Crippen LogP contribution in [-0.4, -0.2) is 44.7 Å². The summed E-state index contributed by atoms with van der Waals surface area (Å²) >= 11 is 0. The molecule has 2 aromatic heterocycles. The Balaban J connectivity index is 1.40. The molecule has 0 unspecified atom stereocenters. The van der Waals surface area contributed by atoms with Crippen LogP contribution in [0.3, 0.4) is 0 Å². The highest BCUT2D eigenvalue weighted by Gasteiger charge is 2.05. The Bertz CT molecular complexity index is 1020. The molecule has 0 bridgehead atoms. The number of carbonyl (C=O) groups is 2. The molecule has 0 spiro atoms. The quantitative estimate of drug-likeness (QED) is 0.301. The molecule has 0 aliphatic rings. The number of carbonyl (C=O) groups excluding carboxylic acids is 2. The third kappa shape index (κ3) is 7.03. The number of pyridine rings is 1. The summed E-state index contributed by atoms with van der Waals surface area (Å²) in [6.07, 6.45) is 6.68. The largest absolute Gasteiger partial charge is 0.492 e. The van der Waals surface area contributed by atoms with Crippen molar-refractivity contribution in [1.82, 2.24) is 25.4 Å². The lowest BCUT2D eigenvalue weighted by Crippen LogP contribution is -2.17. The Hall–Kier alpha value is -4.08. The van der Waals surface area contributed by atoms with Gasteiger partial charge in [-0.05, 0) is 42.0 Å². The van der Waals surface area contributed by atoms with E-state index in [9.17, 15) is 9.59 Å². The first-order valence-corrected chi connectivity index (χ1v) is 9.65. The summed E-state index contributed by atoms with van der Waals surface area (Å²) in [4.78, 5) is 26.9. The maximum absolute atomic E-state index is 11.9. The highest BCUT2D eigenvalue weighted by molar-refractivity contribution is 5.94. The van der Waals surface area contributed by atoms with E-state index in [1.807, 2.05) is 24.3 Å². The van der Waals surface area contributed by atoms with E-state index >= 15 is 0 Å². The van der Waals surface area contributed by atoms with E-state index in [2.05, 4.69) is 25.8 Å². The zero-order chi connectivity index (χ0) is 21.9. The molecule has 1 aromatic carbocycles. The van der Waals surface area contributed by atoms with E-state index in [1.54, 1.807) is 48.5 Å². The number of amides is 1. The highest BCUT2D eigenvalue weighted by atomic mass is 16.5. The smallest absolute Gasteiger partial charge is 0.305 e. The van der Waals surface area contributed by atoms with Gasteiger partial charge in [0.25, 0.3) is 5.91 Å². The van der Waals surface area contributed by atoms with Gasteiger partial charge in [-0.2, -0.15) is 5.10 Å². The monoisotopic (exact) mass is 422 g/mol. The normalized spacial score (nSPS) is 10.7. The maximum atomic E-state index is 11.9. The van der Waals surface area contributed by atoms with Gasteiger partial charge in [0.15, 0.2) is 0 Å². The molecule has 31 heavy (non-hydrogen) atoms. The number of hydrogen-bond acceptors (Lipinski definition) is 8. The summed E-state index contributed by atoms with van der Waals surface area (Å²) in [6.45, 7) is 2.74. The van der Waals surface area contributed by atoms with Gasteiger partial charge in [0.1, 0.15) is 24.7 Å². The molecule has 2 heterocycles. The average Bonchev–Trinajstić information content (AvgIpc) is 3.26. The summed E-state index contributed by atoms with van der Waals surface area (Å²) in [5.41, 5.74) is 4.34. The standard InChI is InChI=1S/C21H22N6O4/c1-2-20(28)31-15-18-14-27(26-24-18)11-12-30-19-5-3-16(4-6-19)13-23-25-21(29)17-7-9-22-10-8-17/h3-10,13-14H,2,11-12,15H2,1H3,(H,25,29)/b23-13+. The van der Waals surface area contributed by atoms with Gasteiger partial charge in [-0.1, -0.05) is 12.1 Å². The maximum Gasteiger partial charge on any atom is 0.305 e. The van der Waals surface area contributed by atoms with Crippen molar-refractivity contribution in [3.63, 3.8) is 0 Å². The molecule has 10 heteroatoms. The van der Waals surface area contributed by atoms with Crippen LogP contribution in [0.4, 0.5) is 0 Å². The molecule has 0 aliphatic heterocycles.